The van der Waals surface area contributed by atoms with Gasteiger partial charge in [0.1, 0.15) is 0 Å². The fraction of sp³-hybridized carbons (Fsp3) is 0.111. The minimum Gasteiger partial charge on any atom is -0.326 e. The summed E-state index contributed by atoms with van der Waals surface area (Å²) in [6.45, 7) is 0. The quantitative estimate of drug-likeness (QED) is 0.689. The zero-order valence-corrected chi connectivity index (χ0v) is 7.19. The van der Waals surface area contributed by atoms with Gasteiger partial charge in [0.25, 0.3) is 5.56 Å². The van der Waals surface area contributed by atoms with Crippen molar-refractivity contribution < 1.29 is 0 Å². The van der Waals surface area contributed by atoms with Crippen LogP contribution in [0.15, 0.2) is 35.4 Å². The largest absolute Gasteiger partial charge is 0.326 e. The van der Waals surface area contributed by atoms with E-state index in [0.717, 1.165) is 10.9 Å². The van der Waals surface area contributed by atoms with Gasteiger partial charge in [0.15, 0.2) is 0 Å². The van der Waals surface area contributed by atoms with E-state index in [1.54, 1.807) is 31.6 Å². The molecule has 4 heteroatoms. The molecule has 0 aliphatic carbocycles. The summed E-state index contributed by atoms with van der Waals surface area (Å²) in [5.41, 5.74) is 3.58. The summed E-state index contributed by atoms with van der Waals surface area (Å²) in [5, 5.41) is 0.941. The standard InChI is InChI=1S/C9H9N3O/c1-10-12-8-4-5-11-6-7(8)2-3-9(12)13/h2-6,10H,1H3. The van der Waals surface area contributed by atoms with E-state index >= 15 is 0 Å². The van der Waals surface area contributed by atoms with Gasteiger partial charge >= 0.3 is 0 Å². The fourth-order valence-corrected chi connectivity index (χ4v) is 1.32. The Morgan fingerprint density at radius 3 is 3.00 bits per heavy atom. The van der Waals surface area contributed by atoms with Gasteiger partial charge in [-0.05, 0) is 12.1 Å². The molecule has 1 N–H and O–H groups in total. The molecule has 0 atom stereocenters. The molecule has 0 saturated carbocycles. The van der Waals surface area contributed by atoms with Gasteiger partial charge in [0.2, 0.25) is 0 Å². The molecule has 2 rings (SSSR count). The first-order valence-corrected chi connectivity index (χ1v) is 3.96. The molecule has 13 heavy (non-hydrogen) atoms. The van der Waals surface area contributed by atoms with Gasteiger partial charge in [-0.1, -0.05) is 0 Å². The Morgan fingerprint density at radius 1 is 1.38 bits per heavy atom. The van der Waals surface area contributed by atoms with Crippen LogP contribution < -0.4 is 11.0 Å². The van der Waals surface area contributed by atoms with Crippen molar-refractivity contribution in [3.05, 3.63) is 40.9 Å². The van der Waals surface area contributed by atoms with Gasteiger partial charge in [0, 0.05) is 30.9 Å². The summed E-state index contributed by atoms with van der Waals surface area (Å²) in [7, 11) is 1.71. The van der Waals surface area contributed by atoms with Crippen LogP contribution in [0.3, 0.4) is 0 Å². The topological polar surface area (TPSA) is 46.9 Å². The summed E-state index contributed by atoms with van der Waals surface area (Å²) in [6.07, 6.45) is 3.39. The number of nitrogens with zero attached hydrogens (tertiary/aromatic N) is 2. The van der Waals surface area contributed by atoms with E-state index in [1.807, 2.05) is 0 Å². The van der Waals surface area contributed by atoms with Gasteiger partial charge in [0.05, 0.1) is 5.52 Å². The average molecular weight is 175 g/mol. The van der Waals surface area contributed by atoms with Gasteiger partial charge in [-0.15, -0.1) is 0 Å². The summed E-state index contributed by atoms with van der Waals surface area (Å²) >= 11 is 0. The highest BCUT2D eigenvalue weighted by molar-refractivity contribution is 5.77. The predicted octanol–water partition coefficient (Wildman–Crippen LogP) is 0.570. The molecule has 0 aliphatic heterocycles. The van der Waals surface area contributed by atoms with Crippen molar-refractivity contribution in [1.29, 1.82) is 0 Å². The molecule has 0 spiro atoms. The molecule has 0 aromatic carbocycles. The van der Waals surface area contributed by atoms with Crippen LogP contribution in [0.2, 0.25) is 0 Å². The average Bonchev–Trinajstić information content (AvgIpc) is 2.18. The molecule has 2 aromatic heterocycles. The number of hydrogen-bond donors (Lipinski definition) is 1. The van der Waals surface area contributed by atoms with E-state index in [0.29, 0.717) is 0 Å². The van der Waals surface area contributed by atoms with Crippen LogP contribution in [0.25, 0.3) is 10.9 Å². The Hall–Kier alpha value is -1.84. The third-order valence-corrected chi connectivity index (χ3v) is 1.92. The van der Waals surface area contributed by atoms with Crippen molar-refractivity contribution in [2.75, 3.05) is 12.5 Å². The van der Waals surface area contributed by atoms with Crippen molar-refractivity contribution in [3.8, 4) is 0 Å². The first-order chi connectivity index (χ1) is 6.33. The van der Waals surface area contributed by atoms with Crippen LogP contribution in [-0.2, 0) is 0 Å². The third kappa shape index (κ3) is 1.16. The predicted molar refractivity (Wildman–Crippen MR) is 51.3 cm³/mol. The van der Waals surface area contributed by atoms with Crippen LogP contribution in [0, 0.1) is 0 Å². The maximum Gasteiger partial charge on any atom is 0.269 e. The van der Waals surface area contributed by atoms with E-state index in [1.165, 1.54) is 10.7 Å². The van der Waals surface area contributed by atoms with Gasteiger partial charge in [-0.2, -0.15) is 0 Å². The van der Waals surface area contributed by atoms with E-state index in [9.17, 15) is 4.79 Å². The van der Waals surface area contributed by atoms with E-state index in [2.05, 4.69) is 10.4 Å². The Morgan fingerprint density at radius 2 is 2.23 bits per heavy atom. The second kappa shape index (κ2) is 2.90. The van der Waals surface area contributed by atoms with Crippen LogP contribution in [0.1, 0.15) is 0 Å². The molecule has 0 fully saturated rings. The van der Waals surface area contributed by atoms with Gasteiger partial charge < -0.3 is 5.43 Å². The first-order valence-electron chi connectivity index (χ1n) is 3.96. The SMILES string of the molecule is CNn1c(=O)ccc2cnccc21. The Kier molecular flexibility index (Phi) is 1.73. The molecule has 4 nitrogen and oxygen atoms in total. The molecule has 0 aliphatic rings. The van der Waals surface area contributed by atoms with Crippen molar-refractivity contribution >= 4 is 10.9 Å². The third-order valence-electron chi connectivity index (χ3n) is 1.92. The molecular weight excluding hydrogens is 166 g/mol. The van der Waals surface area contributed by atoms with Crippen LogP contribution in [0.4, 0.5) is 0 Å². The van der Waals surface area contributed by atoms with Crippen LogP contribution in [-0.4, -0.2) is 16.7 Å². The maximum atomic E-state index is 11.3. The minimum atomic E-state index is -0.0683. The molecule has 2 aromatic rings. The number of nitrogens with one attached hydrogen (secondary N) is 1. The van der Waals surface area contributed by atoms with Crippen molar-refractivity contribution in [2.24, 2.45) is 0 Å². The molecule has 2 heterocycles. The summed E-state index contributed by atoms with van der Waals surface area (Å²) < 4.78 is 1.48. The monoisotopic (exact) mass is 175 g/mol. The number of rotatable bonds is 1. The molecule has 0 bridgehead atoms. The second-order valence-corrected chi connectivity index (χ2v) is 2.67. The van der Waals surface area contributed by atoms with Crippen molar-refractivity contribution in [3.63, 3.8) is 0 Å². The second-order valence-electron chi connectivity index (χ2n) is 2.67. The molecule has 0 unspecified atom stereocenters. The maximum absolute atomic E-state index is 11.3. The lowest BCUT2D eigenvalue weighted by Gasteiger charge is -2.07. The zero-order valence-electron chi connectivity index (χ0n) is 7.19. The number of hydrogen-bond acceptors (Lipinski definition) is 3. The van der Waals surface area contributed by atoms with Crippen molar-refractivity contribution in [1.82, 2.24) is 9.66 Å². The van der Waals surface area contributed by atoms with Crippen molar-refractivity contribution in [2.45, 2.75) is 0 Å². The van der Waals surface area contributed by atoms with Gasteiger partial charge in [-0.25, -0.2) is 4.68 Å². The fourth-order valence-electron chi connectivity index (χ4n) is 1.32. The highest BCUT2D eigenvalue weighted by Gasteiger charge is 1.98. The normalized spacial score (nSPS) is 10.2. The smallest absolute Gasteiger partial charge is 0.269 e. The van der Waals surface area contributed by atoms with E-state index < -0.39 is 0 Å². The van der Waals surface area contributed by atoms with E-state index in [4.69, 9.17) is 0 Å². The van der Waals surface area contributed by atoms with E-state index in [-0.39, 0.29) is 5.56 Å². The number of fused-ring (bicyclic) bond motifs is 1. The lowest BCUT2D eigenvalue weighted by molar-refractivity contribution is 0.915. The molecule has 0 saturated heterocycles. The summed E-state index contributed by atoms with van der Waals surface area (Å²) in [4.78, 5) is 15.3. The lowest BCUT2D eigenvalue weighted by atomic mass is 10.3. The number of aromatic nitrogens is 2. The van der Waals surface area contributed by atoms with Crippen LogP contribution in [0.5, 0.6) is 0 Å². The zero-order chi connectivity index (χ0) is 9.26. The minimum absolute atomic E-state index is 0.0683. The molecule has 66 valence electrons. The Bertz CT molecular complexity index is 489. The highest BCUT2D eigenvalue weighted by atomic mass is 16.1. The molecule has 0 radical (unpaired) electrons. The molecule has 0 amide bonds. The molecular formula is C9H9N3O. The summed E-state index contributed by atoms with van der Waals surface area (Å²) in [5.74, 6) is 0. The summed E-state index contributed by atoms with van der Waals surface area (Å²) in [6, 6.07) is 5.08. The van der Waals surface area contributed by atoms with Gasteiger partial charge in [-0.3, -0.25) is 9.78 Å². The highest BCUT2D eigenvalue weighted by Crippen LogP contribution is 2.07. The Labute approximate surface area is 74.8 Å². The van der Waals surface area contributed by atoms with Crippen LogP contribution >= 0.6 is 0 Å². The first kappa shape index (κ1) is 7.79. The number of pyridine rings is 2. The lowest BCUT2D eigenvalue weighted by Crippen LogP contribution is -2.25. The Balaban J connectivity index is 2.92.